The second-order valence-corrected chi connectivity index (χ2v) is 5.65. The van der Waals surface area contributed by atoms with Gasteiger partial charge in [-0.3, -0.25) is 14.3 Å². The van der Waals surface area contributed by atoms with Crippen LogP contribution in [0.1, 0.15) is 34.1 Å². The van der Waals surface area contributed by atoms with Crippen LogP contribution in [0.4, 0.5) is 0 Å². The SMILES string of the molecule is Cc1ncc([C@H](O)CCP(=O)(O)O)c(C=O)c1O. The lowest BCUT2D eigenvalue weighted by Gasteiger charge is -2.14. The smallest absolute Gasteiger partial charge is 0.325 e. The number of hydrogen-bond donors (Lipinski definition) is 4. The Morgan fingerprint density at radius 3 is 2.61 bits per heavy atom. The molecule has 0 saturated heterocycles. The Morgan fingerprint density at radius 1 is 1.50 bits per heavy atom. The van der Waals surface area contributed by atoms with Gasteiger partial charge >= 0.3 is 7.60 Å². The van der Waals surface area contributed by atoms with Gasteiger partial charge in [-0.25, -0.2) is 0 Å². The third-order valence-corrected chi connectivity index (χ3v) is 3.32. The van der Waals surface area contributed by atoms with Crippen LogP contribution in [0.25, 0.3) is 0 Å². The molecule has 1 aromatic rings. The first kappa shape index (κ1) is 14.8. The topological polar surface area (TPSA) is 128 Å². The molecular formula is C10H14NO6P. The van der Waals surface area contributed by atoms with Gasteiger partial charge in [0.15, 0.2) is 6.29 Å². The van der Waals surface area contributed by atoms with Gasteiger partial charge in [0.1, 0.15) is 5.75 Å². The molecule has 0 spiro atoms. The molecule has 8 heteroatoms. The van der Waals surface area contributed by atoms with Crippen molar-refractivity contribution in [2.24, 2.45) is 0 Å². The van der Waals surface area contributed by atoms with Crippen molar-refractivity contribution in [2.45, 2.75) is 19.4 Å². The lowest BCUT2D eigenvalue weighted by Crippen LogP contribution is -2.06. The molecule has 0 aliphatic heterocycles. The van der Waals surface area contributed by atoms with Crippen LogP contribution in [0.15, 0.2) is 6.20 Å². The Bertz CT molecular complexity index is 497. The summed E-state index contributed by atoms with van der Waals surface area (Å²) in [6.07, 6.45) is -0.420. The zero-order valence-corrected chi connectivity index (χ0v) is 10.5. The second kappa shape index (κ2) is 5.58. The summed E-state index contributed by atoms with van der Waals surface area (Å²) in [6, 6.07) is 0. The Morgan fingerprint density at radius 2 is 2.11 bits per heavy atom. The Kier molecular flexibility index (Phi) is 4.59. The normalized spacial score (nSPS) is 13.3. The van der Waals surface area contributed by atoms with Crippen LogP contribution in [0.5, 0.6) is 5.75 Å². The highest BCUT2D eigenvalue weighted by atomic mass is 31.2. The number of carbonyl (C=O) groups excluding carboxylic acids is 1. The van der Waals surface area contributed by atoms with Gasteiger partial charge in [-0.05, 0) is 13.3 Å². The highest BCUT2D eigenvalue weighted by molar-refractivity contribution is 7.51. The Balaban J connectivity index is 2.99. The van der Waals surface area contributed by atoms with Crippen LogP contribution in [0.2, 0.25) is 0 Å². The van der Waals surface area contributed by atoms with Gasteiger partial charge in [0.2, 0.25) is 0 Å². The first-order valence-electron chi connectivity index (χ1n) is 5.12. The maximum Gasteiger partial charge on any atom is 0.325 e. The maximum atomic E-state index is 10.9. The summed E-state index contributed by atoms with van der Waals surface area (Å²) in [5.41, 5.74) is 0.185. The van der Waals surface area contributed by atoms with Crippen molar-refractivity contribution in [2.75, 3.05) is 6.16 Å². The molecule has 0 bridgehead atoms. The van der Waals surface area contributed by atoms with E-state index in [0.717, 1.165) is 0 Å². The molecule has 0 aliphatic rings. The minimum absolute atomic E-state index is 0.0570. The van der Waals surface area contributed by atoms with Crippen molar-refractivity contribution in [1.29, 1.82) is 0 Å². The third kappa shape index (κ3) is 3.61. The largest absolute Gasteiger partial charge is 0.505 e. The summed E-state index contributed by atoms with van der Waals surface area (Å²) in [6.45, 7) is 1.49. The highest BCUT2D eigenvalue weighted by Gasteiger charge is 2.21. The van der Waals surface area contributed by atoms with Gasteiger partial charge in [-0.2, -0.15) is 0 Å². The summed E-state index contributed by atoms with van der Waals surface area (Å²) < 4.78 is 10.7. The van der Waals surface area contributed by atoms with E-state index in [9.17, 15) is 19.6 Å². The fraction of sp³-hybridized carbons (Fsp3) is 0.400. The summed E-state index contributed by atoms with van der Waals surface area (Å²) >= 11 is 0. The molecule has 1 aromatic heterocycles. The fourth-order valence-corrected chi connectivity index (χ4v) is 2.04. The summed E-state index contributed by atoms with van der Waals surface area (Å²) in [7, 11) is -4.22. The maximum absolute atomic E-state index is 10.9. The molecule has 1 heterocycles. The van der Waals surface area contributed by atoms with Crippen molar-refractivity contribution in [3.05, 3.63) is 23.0 Å². The molecule has 4 N–H and O–H groups in total. The molecule has 1 rings (SSSR count). The minimum Gasteiger partial charge on any atom is -0.505 e. The van der Waals surface area contributed by atoms with Crippen molar-refractivity contribution >= 4 is 13.9 Å². The van der Waals surface area contributed by atoms with Crippen LogP contribution in [-0.2, 0) is 4.57 Å². The molecule has 0 radical (unpaired) electrons. The predicted octanol–water partition coefficient (Wildman–Crippen LogP) is 0.509. The Labute approximate surface area is 103 Å². The number of aliphatic hydroxyl groups excluding tert-OH is 1. The predicted molar refractivity (Wildman–Crippen MR) is 62.5 cm³/mol. The van der Waals surface area contributed by atoms with E-state index in [4.69, 9.17) is 9.79 Å². The van der Waals surface area contributed by atoms with E-state index < -0.39 is 19.9 Å². The third-order valence-electron chi connectivity index (χ3n) is 2.48. The van der Waals surface area contributed by atoms with E-state index in [2.05, 4.69) is 4.98 Å². The number of aldehydes is 1. The molecular weight excluding hydrogens is 261 g/mol. The number of aliphatic hydroxyl groups is 1. The summed E-state index contributed by atoms with van der Waals surface area (Å²) in [5, 5.41) is 19.4. The quantitative estimate of drug-likeness (QED) is 0.455. The van der Waals surface area contributed by atoms with E-state index >= 15 is 0 Å². The molecule has 18 heavy (non-hydrogen) atoms. The number of aromatic hydroxyl groups is 1. The lowest BCUT2D eigenvalue weighted by atomic mass is 10.0. The number of hydrogen-bond acceptors (Lipinski definition) is 5. The van der Waals surface area contributed by atoms with E-state index in [1.165, 1.54) is 13.1 Å². The molecule has 0 fully saturated rings. The second-order valence-electron chi connectivity index (χ2n) is 3.87. The van der Waals surface area contributed by atoms with Gasteiger partial charge in [0.25, 0.3) is 0 Å². The van der Waals surface area contributed by atoms with Crippen molar-refractivity contribution in [3.63, 3.8) is 0 Å². The molecule has 0 aromatic carbocycles. The van der Waals surface area contributed by atoms with Crippen LogP contribution < -0.4 is 0 Å². The molecule has 100 valence electrons. The van der Waals surface area contributed by atoms with Crippen molar-refractivity contribution < 1.29 is 29.4 Å². The fourth-order valence-electron chi connectivity index (χ4n) is 1.46. The monoisotopic (exact) mass is 275 g/mol. The molecule has 0 amide bonds. The van der Waals surface area contributed by atoms with E-state index in [-0.39, 0.29) is 29.0 Å². The first-order chi connectivity index (χ1) is 8.26. The lowest BCUT2D eigenvalue weighted by molar-refractivity contribution is 0.111. The Hall–Kier alpha value is -1.27. The first-order valence-corrected chi connectivity index (χ1v) is 6.92. The van der Waals surface area contributed by atoms with Crippen LogP contribution in [0.3, 0.4) is 0 Å². The zero-order valence-electron chi connectivity index (χ0n) is 9.65. The number of aryl methyl sites for hydroxylation is 1. The van der Waals surface area contributed by atoms with Gasteiger partial charge in [0, 0.05) is 11.8 Å². The molecule has 0 aliphatic carbocycles. The van der Waals surface area contributed by atoms with Crippen LogP contribution >= 0.6 is 7.60 Å². The molecule has 0 saturated carbocycles. The average Bonchev–Trinajstić information content (AvgIpc) is 2.28. The number of nitrogens with zero attached hydrogens (tertiary/aromatic N) is 1. The van der Waals surface area contributed by atoms with Gasteiger partial charge in [-0.15, -0.1) is 0 Å². The van der Waals surface area contributed by atoms with Crippen LogP contribution in [0, 0.1) is 6.92 Å². The van der Waals surface area contributed by atoms with Crippen LogP contribution in [-0.4, -0.2) is 37.4 Å². The van der Waals surface area contributed by atoms with Gasteiger partial charge < -0.3 is 20.0 Å². The number of carbonyl (C=O) groups is 1. The summed E-state index contributed by atoms with van der Waals surface area (Å²) in [5.74, 6) is -0.335. The zero-order chi connectivity index (χ0) is 13.9. The average molecular weight is 275 g/mol. The highest BCUT2D eigenvalue weighted by Crippen LogP contribution is 2.38. The standard InChI is InChI=1S/C10H14NO6P/c1-6-10(14)8(5-12)7(4-11-6)9(13)2-3-18(15,16)17/h4-5,9,13-14H,2-3H2,1H3,(H2,15,16,17)/t9-/m1/s1. The molecule has 0 unspecified atom stereocenters. The summed E-state index contributed by atoms with van der Waals surface area (Å²) in [4.78, 5) is 32.1. The molecule has 7 nitrogen and oxygen atoms in total. The van der Waals surface area contributed by atoms with Gasteiger partial charge in [0.05, 0.1) is 23.5 Å². The molecule has 1 atom stereocenters. The van der Waals surface area contributed by atoms with Crippen molar-refractivity contribution in [1.82, 2.24) is 4.98 Å². The van der Waals surface area contributed by atoms with E-state index in [1.807, 2.05) is 0 Å². The number of rotatable bonds is 5. The number of aromatic nitrogens is 1. The number of pyridine rings is 1. The van der Waals surface area contributed by atoms with Gasteiger partial charge in [-0.1, -0.05) is 0 Å². The van der Waals surface area contributed by atoms with Crippen molar-refractivity contribution in [3.8, 4) is 5.75 Å². The van der Waals surface area contributed by atoms with E-state index in [0.29, 0.717) is 6.29 Å². The van der Waals surface area contributed by atoms with E-state index in [1.54, 1.807) is 0 Å². The minimum atomic E-state index is -4.22.